The molecule has 2 fully saturated rings. The van der Waals surface area contributed by atoms with Crippen LogP contribution in [0.1, 0.15) is 47.0 Å². The van der Waals surface area contributed by atoms with Gasteiger partial charge in [0.15, 0.2) is 0 Å². The molecule has 0 aromatic rings. The Morgan fingerprint density at radius 3 is 2.74 bits per heavy atom. The molecular weight excluding hydrogens is 388 g/mol. The maximum Gasteiger partial charge on any atom is 0.315 e. The van der Waals surface area contributed by atoms with Gasteiger partial charge in [0.25, 0.3) is 0 Å². The standard InChI is InChI=1S/C26H40N2O3/c1-20-17-28-15-14-27(18-22-9-12-25(3,13-10-22)24(30)31-5)19-23(28)16-26(20,4)11-7-6-8-21(2)29/h6-10,12,20,23,29H,11,13-19H2,1-5H3/b7-6-,21-8+/t20?,23?,25?,26-/m1/s1. The smallest absolute Gasteiger partial charge is 0.315 e. The number of nitrogens with zero attached hydrogens (tertiary/aromatic N) is 2. The maximum atomic E-state index is 12.0. The van der Waals surface area contributed by atoms with Crippen molar-refractivity contribution in [3.63, 3.8) is 0 Å². The van der Waals surface area contributed by atoms with Gasteiger partial charge >= 0.3 is 5.97 Å². The van der Waals surface area contributed by atoms with Gasteiger partial charge in [-0.1, -0.05) is 44.2 Å². The summed E-state index contributed by atoms with van der Waals surface area (Å²) < 4.78 is 4.96. The summed E-state index contributed by atoms with van der Waals surface area (Å²) in [5, 5.41) is 9.36. The third-order valence-electron chi connectivity index (χ3n) is 7.66. The molecule has 0 saturated carbocycles. The minimum atomic E-state index is -0.532. The highest BCUT2D eigenvalue weighted by Gasteiger charge is 2.42. The lowest BCUT2D eigenvalue weighted by Gasteiger charge is -2.53. The predicted molar refractivity (Wildman–Crippen MR) is 126 cm³/mol. The minimum absolute atomic E-state index is 0.165. The van der Waals surface area contributed by atoms with E-state index in [1.807, 2.05) is 19.1 Å². The topological polar surface area (TPSA) is 53.0 Å². The molecule has 1 aliphatic carbocycles. The largest absolute Gasteiger partial charge is 0.513 e. The van der Waals surface area contributed by atoms with Gasteiger partial charge in [0.05, 0.1) is 18.3 Å². The number of aliphatic hydroxyl groups is 1. The van der Waals surface area contributed by atoms with E-state index >= 15 is 0 Å². The van der Waals surface area contributed by atoms with E-state index < -0.39 is 5.41 Å². The van der Waals surface area contributed by atoms with Gasteiger partial charge in [0, 0.05) is 38.8 Å². The highest BCUT2D eigenvalue weighted by atomic mass is 16.5. The fraction of sp³-hybridized carbons (Fsp3) is 0.654. The Balaban J connectivity index is 1.58. The lowest BCUT2D eigenvalue weighted by molar-refractivity contribution is -0.148. The van der Waals surface area contributed by atoms with E-state index in [-0.39, 0.29) is 11.4 Å². The first-order chi connectivity index (χ1) is 14.6. The first-order valence-electron chi connectivity index (χ1n) is 11.6. The van der Waals surface area contributed by atoms with Crippen LogP contribution in [-0.4, -0.2) is 66.8 Å². The van der Waals surface area contributed by atoms with Crippen molar-refractivity contribution in [3.8, 4) is 0 Å². The van der Waals surface area contributed by atoms with Crippen molar-refractivity contribution in [3.05, 3.63) is 47.8 Å². The second-order valence-corrected chi connectivity index (χ2v) is 10.3. The van der Waals surface area contributed by atoms with E-state index in [2.05, 4.69) is 41.9 Å². The van der Waals surface area contributed by atoms with Crippen LogP contribution < -0.4 is 0 Å². The van der Waals surface area contributed by atoms with E-state index in [0.717, 1.165) is 39.1 Å². The van der Waals surface area contributed by atoms with Crippen LogP contribution in [0, 0.1) is 16.7 Å². The van der Waals surface area contributed by atoms with Crippen LogP contribution in [0.3, 0.4) is 0 Å². The van der Waals surface area contributed by atoms with Crippen molar-refractivity contribution in [2.45, 2.75) is 53.0 Å². The third kappa shape index (κ3) is 5.69. The van der Waals surface area contributed by atoms with Gasteiger partial charge < -0.3 is 9.84 Å². The summed E-state index contributed by atoms with van der Waals surface area (Å²) in [4.78, 5) is 17.3. The maximum absolute atomic E-state index is 12.0. The molecule has 5 nitrogen and oxygen atoms in total. The molecule has 172 valence electrons. The number of carbonyl (C=O) groups excluding carboxylic acids is 1. The summed E-state index contributed by atoms with van der Waals surface area (Å²) in [6, 6.07) is 0.590. The number of methoxy groups -OCH3 is 1. The van der Waals surface area contributed by atoms with Gasteiger partial charge in [-0.15, -0.1) is 0 Å². The molecule has 5 heteroatoms. The Bertz CT molecular complexity index is 780. The van der Waals surface area contributed by atoms with Gasteiger partial charge in [0.1, 0.15) is 0 Å². The Labute approximate surface area is 188 Å². The van der Waals surface area contributed by atoms with Crippen LogP contribution in [0.4, 0.5) is 0 Å². The summed E-state index contributed by atoms with van der Waals surface area (Å²) in [5.41, 5.74) is 1.05. The number of ether oxygens (including phenoxy) is 1. The average Bonchev–Trinajstić information content (AvgIpc) is 2.73. The lowest BCUT2D eigenvalue weighted by atomic mass is 9.67. The summed E-state index contributed by atoms with van der Waals surface area (Å²) in [6.45, 7) is 13.9. The number of fused-ring (bicyclic) bond motifs is 1. The van der Waals surface area contributed by atoms with Crippen LogP contribution in [0.15, 0.2) is 47.8 Å². The van der Waals surface area contributed by atoms with E-state index in [1.54, 1.807) is 13.0 Å². The summed E-state index contributed by atoms with van der Waals surface area (Å²) >= 11 is 0. The number of esters is 1. The Morgan fingerprint density at radius 2 is 2.10 bits per heavy atom. The first kappa shape index (κ1) is 23.8. The van der Waals surface area contributed by atoms with Crippen LogP contribution in [-0.2, 0) is 9.53 Å². The summed E-state index contributed by atoms with van der Waals surface area (Å²) in [6.07, 6.45) is 15.2. The van der Waals surface area contributed by atoms with Crippen LogP contribution in [0.2, 0.25) is 0 Å². The van der Waals surface area contributed by atoms with Gasteiger partial charge in [-0.2, -0.15) is 0 Å². The van der Waals surface area contributed by atoms with Crippen molar-refractivity contribution in [2.75, 3.05) is 39.8 Å². The zero-order chi connectivity index (χ0) is 22.6. The zero-order valence-electron chi connectivity index (χ0n) is 19.9. The fourth-order valence-electron chi connectivity index (χ4n) is 5.21. The van der Waals surface area contributed by atoms with Crippen LogP contribution in [0.5, 0.6) is 0 Å². The molecule has 0 aromatic carbocycles. The highest BCUT2D eigenvalue weighted by molar-refractivity contribution is 5.79. The average molecular weight is 429 g/mol. The van der Waals surface area contributed by atoms with Crippen LogP contribution in [0.25, 0.3) is 0 Å². The number of allylic oxidation sites excluding steroid dienone is 5. The van der Waals surface area contributed by atoms with E-state index in [0.29, 0.717) is 24.1 Å². The van der Waals surface area contributed by atoms with Gasteiger partial charge in [-0.05, 0) is 56.1 Å². The van der Waals surface area contributed by atoms with E-state index in [9.17, 15) is 9.90 Å². The molecule has 2 saturated heterocycles. The fourth-order valence-corrected chi connectivity index (χ4v) is 5.21. The van der Waals surface area contributed by atoms with E-state index in [1.165, 1.54) is 19.1 Å². The van der Waals surface area contributed by atoms with Gasteiger partial charge in [-0.3, -0.25) is 14.6 Å². The summed E-state index contributed by atoms with van der Waals surface area (Å²) in [7, 11) is 1.46. The molecule has 0 radical (unpaired) electrons. The van der Waals surface area contributed by atoms with Crippen molar-refractivity contribution in [1.82, 2.24) is 9.80 Å². The van der Waals surface area contributed by atoms with Crippen molar-refractivity contribution < 1.29 is 14.6 Å². The SMILES string of the molecule is COC(=O)C1(C)C=CC(CN2CCN3CC(C)[C@](C)(C/C=C\C=C(/C)O)CC3C2)=CC1. The molecule has 2 aliphatic heterocycles. The zero-order valence-corrected chi connectivity index (χ0v) is 19.9. The molecule has 31 heavy (non-hydrogen) atoms. The molecular formula is C26H40N2O3. The van der Waals surface area contributed by atoms with Crippen LogP contribution >= 0.6 is 0 Å². The lowest BCUT2D eigenvalue weighted by Crippen LogP contribution is -2.60. The second kappa shape index (κ2) is 9.74. The molecule has 4 atom stereocenters. The number of hydrogen-bond donors (Lipinski definition) is 1. The monoisotopic (exact) mass is 428 g/mol. The minimum Gasteiger partial charge on any atom is -0.513 e. The number of rotatable bonds is 6. The number of piperazine rings is 1. The van der Waals surface area contributed by atoms with Gasteiger partial charge in [0.2, 0.25) is 0 Å². The number of hydrogen-bond acceptors (Lipinski definition) is 5. The molecule has 1 N–H and O–H groups in total. The first-order valence-corrected chi connectivity index (χ1v) is 11.6. The van der Waals surface area contributed by atoms with Crippen molar-refractivity contribution in [1.29, 1.82) is 0 Å². The van der Waals surface area contributed by atoms with Crippen molar-refractivity contribution >= 4 is 5.97 Å². The van der Waals surface area contributed by atoms with Crippen molar-refractivity contribution in [2.24, 2.45) is 16.7 Å². The molecule has 0 spiro atoms. The third-order valence-corrected chi connectivity index (χ3v) is 7.66. The molecule has 0 bridgehead atoms. The Morgan fingerprint density at radius 1 is 1.32 bits per heavy atom. The van der Waals surface area contributed by atoms with Gasteiger partial charge in [-0.25, -0.2) is 0 Å². The predicted octanol–water partition coefficient (Wildman–Crippen LogP) is 4.49. The molecule has 0 amide bonds. The molecule has 0 aromatic heterocycles. The quantitative estimate of drug-likeness (QED) is 0.384. The Hall–Kier alpha value is -1.85. The Kier molecular flexibility index (Phi) is 7.48. The normalized spacial score (nSPS) is 35.1. The molecule has 3 aliphatic rings. The number of aliphatic hydroxyl groups excluding tert-OH is 1. The number of carbonyl (C=O) groups is 1. The second-order valence-electron chi connectivity index (χ2n) is 10.3. The number of piperidine rings is 1. The van der Waals surface area contributed by atoms with E-state index in [4.69, 9.17) is 4.74 Å². The molecule has 2 heterocycles. The highest BCUT2D eigenvalue weighted by Crippen LogP contribution is 2.43. The molecule has 3 unspecified atom stereocenters. The summed E-state index contributed by atoms with van der Waals surface area (Å²) in [5.74, 6) is 0.839. The molecule has 3 rings (SSSR count).